The fourth-order valence-electron chi connectivity index (χ4n) is 3.15. The average Bonchev–Trinajstić information content (AvgIpc) is 2.47. The van der Waals surface area contributed by atoms with Crippen molar-refractivity contribution < 1.29 is 8.42 Å². The first-order chi connectivity index (χ1) is 9.99. The molecule has 1 aromatic rings. The van der Waals surface area contributed by atoms with Crippen LogP contribution in [0.4, 0.5) is 0 Å². The van der Waals surface area contributed by atoms with Crippen LogP contribution in [0.2, 0.25) is 0 Å². The lowest BCUT2D eigenvalue weighted by Gasteiger charge is -2.25. The van der Waals surface area contributed by atoms with Gasteiger partial charge in [0.25, 0.3) is 0 Å². The molecule has 0 aromatic heterocycles. The highest BCUT2D eigenvalue weighted by Crippen LogP contribution is 2.24. The van der Waals surface area contributed by atoms with Gasteiger partial charge >= 0.3 is 0 Å². The lowest BCUT2D eigenvalue weighted by atomic mass is 9.96. The molecule has 1 unspecified atom stereocenters. The van der Waals surface area contributed by atoms with Crippen LogP contribution < -0.4 is 10.0 Å². The third-order valence-corrected chi connectivity index (χ3v) is 6.13. The Bertz CT molecular complexity index is 580. The molecular formula is C16H26N2O2S. The molecule has 0 spiro atoms. The molecule has 5 heteroatoms. The zero-order valence-electron chi connectivity index (χ0n) is 13.1. The van der Waals surface area contributed by atoms with Crippen molar-refractivity contribution in [1.29, 1.82) is 0 Å². The number of benzene rings is 1. The van der Waals surface area contributed by atoms with Gasteiger partial charge in [0.15, 0.2) is 0 Å². The van der Waals surface area contributed by atoms with E-state index in [4.69, 9.17) is 0 Å². The van der Waals surface area contributed by atoms with Gasteiger partial charge in [-0.1, -0.05) is 38.8 Å². The van der Waals surface area contributed by atoms with Crippen LogP contribution in [0, 0.1) is 5.92 Å². The molecule has 21 heavy (non-hydrogen) atoms. The minimum atomic E-state index is -3.44. The van der Waals surface area contributed by atoms with Crippen molar-refractivity contribution in [2.75, 3.05) is 6.54 Å². The Kier molecular flexibility index (Phi) is 5.41. The van der Waals surface area contributed by atoms with Crippen molar-refractivity contribution >= 4 is 10.0 Å². The lowest BCUT2D eigenvalue weighted by molar-refractivity contribution is 0.390. The fraction of sp³-hybridized carbons (Fsp3) is 0.625. The second-order valence-corrected chi connectivity index (χ2v) is 7.49. The van der Waals surface area contributed by atoms with Crippen LogP contribution in [0.5, 0.6) is 0 Å². The molecule has 1 heterocycles. The maximum absolute atomic E-state index is 12.7. The molecular weight excluding hydrogens is 284 g/mol. The van der Waals surface area contributed by atoms with Gasteiger partial charge < -0.3 is 5.32 Å². The summed E-state index contributed by atoms with van der Waals surface area (Å²) in [5.74, 6) is 0.376. The van der Waals surface area contributed by atoms with Crippen molar-refractivity contribution in [1.82, 2.24) is 10.0 Å². The summed E-state index contributed by atoms with van der Waals surface area (Å²) in [6, 6.07) is 5.53. The summed E-state index contributed by atoms with van der Waals surface area (Å²) in [4.78, 5) is 0.458. The number of hydrogen-bond acceptors (Lipinski definition) is 3. The van der Waals surface area contributed by atoms with Gasteiger partial charge in [-0.15, -0.1) is 0 Å². The highest BCUT2D eigenvalue weighted by atomic mass is 32.2. The van der Waals surface area contributed by atoms with E-state index in [2.05, 4.69) is 23.9 Å². The Labute approximate surface area is 128 Å². The van der Waals surface area contributed by atoms with E-state index in [1.165, 1.54) is 0 Å². The molecule has 0 radical (unpaired) electrons. The monoisotopic (exact) mass is 310 g/mol. The maximum atomic E-state index is 12.7. The molecule has 2 N–H and O–H groups in total. The van der Waals surface area contributed by atoms with Crippen LogP contribution >= 0.6 is 0 Å². The summed E-state index contributed by atoms with van der Waals surface area (Å²) < 4.78 is 28.3. The quantitative estimate of drug-likeness (QED) is 0.848. The van der Waals surface area contributed by atoms with Crippen molar-refractivity contribution in [2.45, 2.75) is 57.5 Å². The molecule has 4 nitrogen and oxygen atoms in total. The minimum Gasteiger partial charge on any atom is -0.312 e. The molecule has 0 aliphatic carbocycles. The summed E-state index contributed by atoms with van der Waals surface area (Å²) in [7, 11) is -3.44. The molecule has 0 saturated carbocycles. The van der Waals surface area contributed by atoms with E-state index in [-0.39, 0.29) is 6.04 Å². The van der Waals surface area contributed by atoms with E-state index in [1.807, 2.05) is 19.1 Å². The largest absolute Gasteiger partial charge is 0.312 e. The van der Waals surface area contributed by atoms with Crippen LogP contribution in [0.15, 0.2) is 23.1 Å². The molecule has 118 valence electrons. The lowest BCUT2D eigenvalue weighted by Crippen LogP contribution is -2.38. The molecule has 1 aliphatic heterocycles. The average molecular weight is 310 g/mol. The maximum Gasteiger partial charge on any atom is 0.241 e. The Balaban J connectivity index is 2.28. The summed E-state index contributed by atoms with van der Waals surface area (Å²) in [5.41, 5.74) is 2.07. The first kappa shape index (κ1) is 16.5. The Morgan fingerprint density at radius 2 is 2.00 bits per heavy atom. The van der Waals surface area contributed by atoms with Gasteiger partial charge in [0.05, 0.1) is 4.90 Å². The van der Waals surface area contributed by atoms with Gasteiger partial charge in [0.1, 0.15) is 0 Å². The first-order valence-corrected chi connectivity index (χ1v) is 9.31. The summed E-state index contributed by atoms with van der Waals surface area (Å²) in [5, 5.41) is 3.28. The van der Waals surface area contributed by atoms with Crippen molar-refractivity contribution in [2.24, 2.45) is 5.92 Å². The Hall–Kier alpha value is -0.910. The molecule has 1 aliphatic rings. The summed E-state index contributed by atoms with van der Waals surface area (Å²) in [6.07, 6.45) is 2.74. The SMILES string of the molecule is CCC(CC)C(C)NS(=O)(=O)c1cccc2c1CCNC2. The van der Waals surface area contributed by atoms with Crippen molar-refractivity contribution in [3.05, 3.63) is 29.3 Å². The second-order valence-electron chi connectivity index (χ2n) is 5.81. The predicted octanol–water partition coefficient (Wildman–Crippen LogP) is 2.44. The zero-order chi connectivity index (χ0) is 15.5. The number of hydrogen-bond donors (Lipinski definition) is 2. The third kappa shape index (κ3) is 3.65. The van der Waals surface area contributed by atoms with Crippen LogP contribution in [0.3, 0.4) is 0 Å². The van der Waals surface area contributed by atoms with Crippen LogP contribution in [0.25, 0.3) is 0 Å². The van der Waals surface area contributed by atoms with Crippen molar-refractivity contribution in [3.8, 4) is 0 Å². The van der Waals surface area contributed by atoms with Gasteiger partial charge in [0, 0.05) is 12.6 Å². The zero-order valence-corrected chi connectivity index (χ0v) is 14.0. The molecule has 0 fully saturated rings. The molecule has 0 bridgehead atoms. The van der Waals surface area contributed by atoms with Crippen molar-refractivity contribution in [3.63, 3.8) is 0 Å². The summed E-state index contributed by atoms with van der Waals surface area (Å²) >= 11 is 0. The number of fused-ring (bicyclic) bond motifs is 1. The van der Waals surface area contributed by atoms with Gasteiger partial charge in [-0.2, -0.15) is 0 Å². The number of nitrogens with one attached hydrogen (secondary N) is 2. The van der Waals surface area contributed by atoms with Crippen LogP contribution in [-0.2, 0) is 23.0 Å². The first-order valence-electron chi connectivity index (χ1n) is 7.83. The molecule has 0 saturated heterocycles. The van der Waals surface area contributed by atoms with E-state index in [1.54, 1.807) is 6.07 Å². The van der Waals surface area contributed by atoms with E-state index >= 15 is 0 Å². The smallest absolute Gasteiger partial charge is 0.241 e. The van der Waals surface area contributed by atoms with Gasteiger partial charge in [-0.25, -0.2) is 13.1 Å². The number of rotatable bonds is 6. The minimum absolute atomic E-state index is 0.0393. The molecule has 0 amide bonds. The second kappa shape index (κ2) is 6.90. The van der Waals surface area contributed by atoms with Crippen LogP contribution in [0.1, 0.15) is 44.7 Å². The Morgan fingerprint density at radius 1 is 1.29 bits per heavy atom. The van der Waals surface area contributed by atoms with E-state index in [0.717, 1.165) is 43.5 Å². The topological polar surface area (TPSA) is 58.2 Å². The molecule has 1 atom stereocenters. The Morgan fingerprint density at radius 3 is 2.67 bits per heavy atom. The highest BCUT2D eigenvalue weighted by Gasteiger charge is 2.25. The van der Waals surface area contributed by atoms with Gasteiger partial charge in [-0.05, 0) is 43.0 Å². The molecule has 1 aromatic carbocycles. The van der Waals surface area contributed by atoms with Gasteiger partial charge in [0.2, 0.25) is 10.0 Å². The summed E-state index contributed by atoms with van der Waals surface area (Å²) in [6.45, 7) is 7.76. The normalized spacial score (nSPS) is 16.8. The fourth-order valence-corrected chi connectivity index (χ4v) is 4.77. The van der Waals surface area contributed by atoms with Crippen LogP contribution in [-0.4, -0.2) is 21.0 Å². The predicted molar refractivity (Wildman–Crippen MR) is 85.7 cm³/mol. The molecule has 2 rings (SSSR count). The van der Waals surface area contributed by atoms with E-state index < -0.39 is 10.0 Å². The third-order valence-electron chi connectivity index (χ3n) is 4.48. The van der Waals surface area contributed by atoms with E-state index in [9.17, 15) is 8.42 Å². The highest BCUT2D eigenvalue weighted by molar-refractivity contribution is 7.89. The van der Waals surface area contributed by atoms with Gasteiger partial charge in [-0.3, -0.25) is 0 Å². The standard InChI is InChI=1S/C16H26N2O2S/c1-4-13(5-2)12(3)18-21(19,20)16-8-6-7-14-11-17-10-9-15(14)16/h6-8,12-13,17-18H,4-5,9-11H2,1-3H3. The van der Waals surface area contributed by atoms with E-state index in [0.29, 0.717) is 10.8 Å². The number of sulfonamides is 1.